The molecule has 20 heavy (non-hydrogen) atoms. The number of nitrogens with zero attached hydrogens (tertiary/aromatic N) is 2. The summed E-state index contributed by atoms with van der Waals surface area (Å²) in [6, 6.07) is 9.45. The molecule has 4 heteroatoms. The molecular weight excluding hydrogens is 252 g/mol. The van der Waals surface area contributed by atoms with Crippen LogP contribution in [0.15, 0.2) is 30.3 Å². The van der Waals surface area contributed by atoms with Crippen LogP contribution in [0.25, 0.3) is 0 Å². The first kappa shape index (κ1) is 16.2. The number of carbonyl (C=O) groups excluding carboxylic acids is 2. The quantitative estimate of drug-likeness (QED) is 0.768. The van der Waals surface area contributed by atoms with E-state index >= 15 is 0 Å². The zero-order valence-corrected chi connectivity index (χ0v) is 12.6. The molecule has 0 aliphatic carbocycles. The van der Waals surface area contributed by atoms with Crippen LogP contribution in [0.3, 0.4) is 0 Å². The van der Waals surface area contributed by atoms with Crippen LogP contribution in [0.2, 0.25) is 0 Å². The minimum atomic E-state index is -0.0415. The zero-order chi connectivity index (χ0) is 15.0. The van der Waals surface area contributed by atoms with Crippen molar-refractivity contribution in [3.8, 4) is 0 Å². The Hall–Kier alpha value is -1.84. The van der Waals surface area contributed by atoms with Gasteiger partial charge in [-0.25, -0.2) is 0 Å². The van der Waals surface area contributed by atoms with Crippen LogP contribution in [-0.2, 0) is 9.59 Å². The molecule has 0 atom stereocenters. The van der Waals surface area contributed by atoms with Crippen LogP contribution in [0.1, 0.15) is 33.1 Å². The Labute approximate surface area is 121 Å². The van der Waals surface area contributed by atoms with Gasteiger partial charge in [0.15, 0.2) is 0 Å². The first-order valence-corrected chi connectivity index (χ1v) is 7.13. The number of amides is 2. The summed E-state index contributed by atoms with van der Waals surface area (Å²) < 4.78 is 0. The molecule has 1 aromatic rings. The molecule has 0 heterocycles. The van der Waals surface area contributed by atoms with Crippen molar-refractivity contribution in [2.45, 2.75) is 33.1 Å². The molecule has 0 bridgehead atoms. The Morgan fingerprint density at radius 3 is 2.30 bits per heavy atom. The Bertz CT molecular complexity index is 431. The van der Waals surface area contributed by atoms with E-state index in [-0.39, 0.29) is 11.8 Å². The summed E-state index contributed by atoms with van der Waals surface area (Å²) in [6.07, 6.45) is 2.44. The SMILES string of the molecule is CCCCN(C)C(=O)CCN(C(C)=O)c1ccccc1. The minimum Gasteiger partial charge on any atom is -0.346 e. The van der Waals surface area contributed by atoms with Crippen LogP contribution in [0.4, 0.5) is 5.69 Å². The highest BCUT2D eigenvalue weighted by molar-refractivity contribution is 5.92. The van der Waals surface area contributed by atoms with Gasteiger partial charge in [0.05, 0.1) is 0 Å². The maximum absolute atomic E-state index is 12.0. The van der Waals surface area contributed by atoms with Crippen molar-refractivity contribution in [1.29, 1.82) is 0 Å². The average molecular weight is 276 g/mol. The van der Waals surface area contributed by atoms with Crippen molar-refractivity contribution in [3.63, 3.8) is 0 Å². The van der Waals surface area contributed by atoms with Gasteiger partial charge < -0.3 is 9.80 Å². The number of hydrogen-bond donors (Lipinski definition) is 0. The highest BCUT2D eigenvalue weighted by Crippen LogP contribution is 2.14. The van der Waals surface area contributed by atoms with Gasteiger partial charge in [0.1, 0.15) is 0 Å². The van der Waals surface area contributed by atoms with Gasteiger partial charge in [-0.1, -0.05) is 31.5 Å². The lowest BCUT2D eigenvalue weighted by Gasteiger charge is -2.23. The Balaban J connectivity index is 2.56. The smallest absolute Gasteiger partial charge is 0.224 e. The molecule has 1 rings (SSSR count). The van der Waals surface area contributed by atoms with Crippen molar-refractivity contribution in [3.05, 3.63) is 30.3 Å². The standard InChI is InChI=1S/C16H24N2O2/c1-4-5-12-17(3)16(20)11-13-18(14(2)19)15-9-7-6-8-10-15/h6-10H,4-5,11-13H2,1-3H3. The molecule has 0 aliphatic rings. The van der Waals surface area contributed by atoms with E-state index in [4.69, 9.17) is 0 Å². The molecular formula is C16H24N2O2. The fourth-order valence-corrected chi connectivity index (χ4v) is 1.99. The number of benzene rings is 1. The van der Waals surface area contributed by atoms with Crippen molar-refractivity contribution in [1.82, 2.24) is 4.90 Å². The Morgan fingerprint density at radius 2 is 1.75 bits per heavy atom. The van der Waals surface area contributed by atoms with Crippen LogP contribution in [-0.4, -0.2) is 36.9 Å². The summed E-state index contributed by atoms with van der Waals surface area (Å²) in [7, 11) is 1.82. The van der Waals surface area contributed by atoms with Crippen molar-refractivity contribution >= 4 is 17.5 Å². The first-order valence-electron chi connectivity index (χ1n) is 7.13. The summed E-state index contributed by atoms with van der Waals surface area (Å²) in [5, 5.41) is 0. The maximum atomic E-state index is 12.0. The second-order valence-corrected chi connectivity index (χ2v) is 4.93. The van der Waals surface area contributed by atoms with Gasteiger partial charge >= 0.3 is 0 Å². The number of para-hydroxylation sites is 1. The lowest BCUT2D eigenvalue weighted by Crippen LogP contribution is -2.35. The fourth-order valence-electron chi connectivity index (χ4n) is 1.99. The van der Waals surface area contributed by atoms with Crippen LogP contribution in [0.5, 0.6) is 0 Å². The molecule has 110 valence electrons. The van der Waals surface area contributed by atoms with Gasteiger partial charge in [-0.2, -0.15) is 0 Å². The summed E-state index contributed by atoms with van der Waals surface area (Å²) >= 11 is 0. The topological polar surface area (TPSA) is 40.6 Å². The van der Waals surface area contributed by atoms with Gasteiger partial charge in [-0.15, -0.1) is 0 Å². The molecule has 0 spiro atoms. The number of carbonyl (C=O) groups is 2. The van der Waals surface area contributed by atoms with E-state index in [1.54, 1.807) is 9.80 Å². The van der Waals surface area contributed by atoms with Crippen molar-refractivity contribution in [2.75, 3.05) is 25.0 Å². The average Bonchev–Trinajstić information content (AvgIpc) is 2.45. The van der Waals surface area contributed by atoms with Gasteiger partial charge in [0.2, 0.25) is 11.8 Å². The van der Waals surface area contributed by atoms with Crippen LogP contribution in [0, 0.1) is 0 Å². The highest BCUT2D eigenvalue weighted by Gasteiger charge is 2.14. The third-order valence-electron chi connectivity index (χ3n) is 3.27. The van der Waals surface area contributed by atoms with E-state index in [1.807, 2.05) is 37.4 Å². The monoisotopic (exact) mass is 276 g/mol. The lowest BCUT2D eigenvalue weighted by molar-refractivity contribution is -0.129. The maximum Gasteiger partial charge on any atom is 0.224 e. The lowest BCUT2D eigenvalue weighted by atomic mass is 10.2. The number of hydrogen-bond acceptors (Lipinski definition) is 2. The Kier molecular flexibility index (Phi) is 6.77. The van der Waals surface area contributed by atoms with E-state index in [9.17, 15) is 9.59 Å². The molecule has 0 N–H and O–H groups in total. The first-order chi connectivity index (χ1) is 9.56. The molecule has 0 saturated carbocycles. The van der Waals surface area contributed by atoms with E-state index < -0.39 is 0 Å². The molecule has 1 aromatic carbocycles. The van der Waals surface area contributed by atoms with Gasteiger partial charge in [-0.3, -0.25) is 9.59 Å². The molecule has 0 fully saturated rings. The Morgan fingerprint density at radius 1 is 1.10 bits per heavy atom. The van der Waals surface area contributed by atoms with E-state index in [0.29, 0.717) is 13.0 Å². The second kappa shape index (κ2) is 8.35. The third-order valence-corrected chi connectivity index (χ3v) is 3.27. The molecule has 0 unspecified atom stereocenters. The largest absolute Gasteiger partial charge is 0.346 e. The summed E-state index contributed by atoms with van der Waals surface area (Å²) in [5.74, 6) is 0.0424. The zero-order valence-electron chi connectivity index (χ0n) is 12.6. The van der Waals surface area contributed by atoms with Crippen LogP contribution < -0.4 is 4.90 Å². The molecule has 4 nitrogen and oxygen atoms in total. The van der Waals surface area contributed by atoms with E-state index in [0.717, 1.165) is 25.1 Å². The van der Waals surface area contributed by atoms with Crippen molar-refractivity contribution in [2.24, 2.45) is 0 Å². The molecule has 0 aliphatic heterocycles. The number of anilines is 1. The van der Waals surface area contributed by atoms with Gasteiger partial charge in [0, 0.05) is 39.2 Å². The summed E-state index contributed by atoms with van der Waals surface area (Å²) in [4.78, 5) is 27.1. The van der Waals surface area contributed by atoms with Gasteiger partial charge in [-0.05, 0) is 18.6 Å². The predicted octanol–water partition coefficient (Wildman–Crippen LogP) is 2.69. The second-order valence-electron chi connectivity index (χ2n) is 4.93. The summed E-state index contributed by atoms with van der Waals surface area (Å²) in [6.45, 7) is 4.83. The molecule has 0 saturated heterocycles. The number of rotatable bonds is 7. The molecule has 0 aromatic heterocycles. The highest BCUT2D eigenvalue weighted by atomic mass is 16.2. The molecule has 0 radical (unpaired) electrons. The fraction of sp³-hybridized carbons (Fsp3) is 0.500. The molecule has 2 amide bonds. The van der Waals surface area contributed by atoms with Crippen LogP contribution >= 0.6 is 0 Å². The van der Waals surface area contributed by atoms with E-state index in [2.05, 4.69) is 6.92 Å². The normalized spacial score (nSPS) is 10.2. The van der Waals surface area contributed by atoms with Crippen molar-refractivity contribution < 1.29 is 9.59 Å². The third kappa shape index (κ3) is 5.03. The summed E-state index contributed by atoms with van der Waals surface area (Å²) in [5.41, 5.74) is 0.837. The van der Waals surface area contributed by atoms with Gasteiger partial charge in [0.25, 0.3) is 0 Å². The van der Waals surface area contributed by atoms with E-state index in [1.165, 1.54) is 6.92 Å². The number of unbranched alkanes of at least 4 members (excludes halogenated alkanes) is 1. The predicted molar refractivity (Wildman–Crippen MR) is 81.6 cm³/mol. The minimum absolute atomic E-state index is 0.0415.